The summed E-state index contributed by atoms with van der Waals surface area (Å²) in [6.45, 7) is 2.13. The molecule has 4 aromatic rings. The van der Waals surface area contributed by atoms with Crippen molar-refractivity contribution in [3.8, 4) is 11.1 Å². The van der Waals surface area contributed by atoms with Gasteiger partial charge in [-0.25, -0.2) is 4.98 Å². The van der Waals surface area contributed by atoms with Gasteiger partial charge in [0.25, 0.3) is 0 Å². The van der Waals surface area contributed by atoms with Crippen molar-refractivity contribution in [2.75, 3.05) is 0 Å². The minimum absolute atomic E-state index is 1.05. The second-order valence-electron chi connectivity index (χ2n) is 5.39. The number of aromatic nitrogens is 1. The number of aryl methyl sites for hydroxylation is 1. The lowest BCUT2D eigenvalue weighted by molar-refractivity contribution is 1.46. The van der Waals surface area contributed by atoms with Crippen LogP contribution in [0.5, 0.6) is 0 Å². The lowest BCUT2D eigenvalue weighted by Crippen LogP contribution is -1.89. The molecule has 1 nitrogen and oxygen atoms in total. The minimum Gasteiger partial charge on any atom is -0.248 e. The number of hydrogen-bond donors (Lipinski definition) is 0. The molecule has 0 aliphatic rings. The van der Waals surface area contributed by atoms with E-state index in [1.54, 1.807) is 0 Å². The molecule has 1 heteroatoms. The fourth-order valence-electron chi connectivity index (χ4n) is 2.95. The van der Waals surface area contributed by atoms with Crippen LogP contribution in [0, 0.1) is 6.92 Å². The summed E-state index contributed by atoms with van der Waals surface area (Å²) >= 11 is 0. The molecule has 0 radical (unpaired) electrons. The highest BCUT2D eigenvalue weighted by atomic mass is 14.7. The van der Waals surface area contributed by atoms with Gasteiger partial charge in [-0.2, -0.15) is 0 Å². The standard InChI is InChI=1S/C20H15N/c1-14-7-6-8-15(13-14)20-16-9-2-4-11-18(16)21-19-12-5-3-10-17(19)20/h2-13H,1H3. The molecule has 0 saturated carbocycles. The molecule has 4 rings (SSSR count). The van der Waals surface area contributed by atoms with Crippen LogP contribution in [0.1, 0.15) is 5.56 Å². The monoisotopic (exact) mass is 269 g/mol. The van der Waals surface area contributed by atoms with Gasteiger partial charge in [0.05, 0.1) is 11.0 Å². The summed E-state index contributed by atoms with van der Waals surface area (Å²) in [4.78, 5) is 4.79. The van der Waals surface area contributed by atoms with E-state index in [1.165, 1.54) is 27.5 Å². The van der Waals surface area contributed by atoms with Crippen molar-refractivity contribution in [1.29, 1.82) is 0 Å². The Kier molecular flexibility index (Phi) is 2.71. The molecule has 3 aromatic carbocycles. The Bertz CT molecular complexity index is 900. The van der Waals surface area contributed by atoms with Crippen molar-refractivity contribution in [1.82, 2.24) is 4.98 Å². The van der Waals surface area contributed by atoms with Crippen LogP contribution in [0.4, 0.5) is 0 Å². The van der Waals surface area contributed by atoms with Crippen LogP contribution in [0.2, 0.25) is 0 Å². The molecular weight excluding hydrogens is 254 g/mol. The summed E-state index contributed by atoms with van der Waals surface area (Å²) in [5.74, 6) is 0. The van der Waals surface area contributed by atoms with E-state index in [4.69, 9.17) is 4.98 Å². The number of rotatable bonds is 1. The number of pyridine rings is 1. The third-order valence-electron chi connectivity index (χ3n) is 3.89. The molecule has 0 spiro atoms. The number of hydrogen-bond acceptors (Lipinski definition) is 1. The Balaban J connectivity index is 2.21. The second-order valence-corrected chi connectivity index (χ2v) is 5.39. The van der Waals surface area contributed by atoms with E-state index in [0.717, 1.165) is 11.0 Å². The lowest BCUT2D eigenvalue weighted by atomic mass is 9.95. The maximum Gasteiger partial charge on any atom is 0.0715 e. The summed E-state index contributed by atoms with van der Waals surface area (Å²) < 4.78 is 0. The number of nitrogens with zero attached hydrogens (tertiary/aromatic N) is 1. The van der Waals surface area contributed by atoms with E-state index >= 15 is 0 Å². The molecule has 0 bridgehead atoms. The number of benzene rings is 3. The molecular formula is C20H15N. The number of para-hydroxylation sites is 2. The summed E-state index contributed by atoms with van der Waals surface area (Å²) in [6, 6.07) is 25.4. The van der Waals surface area contributed by atoms with E-state index in [-0.39, 0.29) is 0 Å². The van der Waals surface area contributed by atoms with Gasteiger partial charge in [0, 0.05) is 16.3 Å². The van der Waals surface area contributed by atoms with Gasteiger partial charge in [-0.3, -0.25) is 0 Å². The van der Waals surface area contributed by atoms with E-state index in [0.29, 0.717) is 0 Å². The van der Waals surface area contributed by atoms with Gasteiger partial charge in [-0.1, -0.05) is 66.2 Å². The van der Waals surface area contributed by atoms with Gasteiger partial charge in [0.1, 0.15) is 0 Å². The van der Waals surface area contributed by atoms with Gasteiger partial charge in [0.2, 0.25) is 0 Å². The summed E-state index contributed by atoms with van der Waals surface area (Å²) in [5.41, 5.74) is 5.91. The molecule has 1 heterocycles. The molecule has 21 heavy (non-hydrogen) atoms. The van der Waals surface area contributed by atoms with Crippen LogP contribution in [0.15, 0.2) is 72.8 Å². The van der Waals surface area contributed by atoms with Gasteiger partial charge < -0.3 is 0 Å². The third kappa shape index (κ3) is 1.98. The molecule has 0 unspecified atom stereocenters. The third-order valence-corrected chi connectivity index (χ3v) is 3.89. The summed E-state index contributed by atoms with van der Waals surface area (Å²) in [7, 11) is 0. The topological polar surface area (TPSA) is 12.9 Å². The van der Waals surface area contributed by atoms with Crippen molar-refractivity contribution >= 4 is 21.8 Å². The van der Waals surface area contributed by atoms with Gasteiger partial charge in [-0.05, 0) is 24.6 Å². The molecule has 0 amide bonds. The van der Waals surface area contributed by atoms with E-state index in [2.05, 4.69) is 67.6 Å². The average molecular weight is 269 g/mol. The van der Waals surface area contributed by atoms with Crippen molar-refractivity contribution in [3.05, 3.63) is 78.4 Å². The zero-order valence-electron chi connectivity index (χ0n) is 11.9. The zero-order valence-corrected chi connectivity index (χ0v) is 11.9. The van der Waals surface area contributed by atoms with Gasteiger partial charge in [-0.15, -0.1) is 0 Å². The van der Waals surface area contributed by atoms with Gasteiger partial charge in [0.15, 0.2) is 0 Å². The predicted octanol–water partition coefficient (Wildman–Crippen LogP) is 5.36. The van der Waals surface area contributed by atoms with Gasteiger partial charge >= 0.3 is 0 Å². The quantitative estimate of drug-likeness (QED) is 0.424. The Morgan fingerprint density at radius 2 is 1.29 bits per heavy atom. The first-order valence-corrected chi connectivity index (χ1v) is 7.17. The molecule has 0 N–H and O–H groups in total. The predicted molar refractivity (Wildman–Crippen MR) is 89.4 cm³/mol. The van der Waals surface area contributed by atoms with Crippen molar-refractivity contribution in [3.63, 3.8) is 0 Å². The SMILES string of the molecule is Cc1cccc(-c2c3ccccc3nc3ccccc23)c1. The molecule has 1 aromatic heterocycles. The first-order chi connectivity index (χ1) is 10.3. The van der Waals surface area contributed by atoms with Crippen LogP contribution in [0.25, 0.3) is 32.9 Å². The summed E-state index contributed by atoms with van der Waals surface area (Å²) in [5, 5.41) is 2.42. The van der Waals surface area contributed by atoms with E-state index in [1.807, 2.05) is 12.1 Å². The molecule has 0 atom stereocenters. The molecule has 100 valence electrons. The highest BCUT2D eigenvalue weighted by Crippen LogP contribution is 2.34. The average Bonchev–Trinajstić information content (AvgIpc) is 2.52. The fraction of sp³-hybridized carbons (Fsp3) is 0.0500. The van der Waals surface area contributed by atoms with Crippen LogP contribution in [-0.4, -0.2) is 4.98 Å². The van der Waals surface area contributed by atoms with Crippen LogP contribution in [-0.2, 0) is 0 Å². The number of fused-ring (bicyclic) bond motifs is 2. The second kappa shape index (κ2) is 4.71. The van der Waals surface area contributed by atoms with Crippen LogP contribution >= 0.6 is 0 Å². The molecule has 0 aliphatic carbocycles. The maximum absolute atomic E-state index is 4.79. The Morgan fingerprint density at radius 3 is 1.90 bits per heavy atom. The van der Waals surface area contributed by atoms with E-state index in [9.17, 15) is 0 Å². The van der Waals surface area contributed by atoms with Crippen molar-refractivity contribution < 1.29 is 0 Å². The zero-order chi connectivity index (χ0) is 14.2. The summed E-state index contributed by atoms with van der Waals surface area (Å²) in [6.07, 6.45) is 0. The van der Waals surface area contributed by atoms with Crippen LogP contribution in [0.3, 0.4) is 0 Å². The normalized spacial score (nSPS) is 11.1. The fourth-order valence-corrected chi connectivity index (χ4v) is 2.95. The Hall–Kier alpha value is -2.67. The first kappa shape index (κ1) is 12.1. The molecule has 0 aliphatic heterocycles. The molecule has 0 saturated heterocycles. The largest absolute Gasteiger partial charge is 0.248 e. The highest BCUT2D eigenvalue weighted by molar-refractivity contribution is 6.09. The molecule has 0 fully saturated rings. The van der Waals surface area contributed by atoms with Crippen LogP contribution < -0.4 is 0 Å². The Labute approximate surface area is 123 Å². The smallest absolute Gasteiger partial charge is 0.0715 e. The lowest BCUT2D eigenvalue weighted by Gasteiger charge is -2.11. The van der Waals surface area contributed by atoms with Crippen molar-refractivity contribution in [2.24, 2.45) is 0 Å². The van der Waals surface area contributed by atoms with Crippen molar-refractivity contribution in [2.45, 2.75) is 6.92 Å². The van der Waals surface area contributed by atoms with E-state index < -0.39 is 0 Å². The maximum atomic E-state index is 4.79. The Morgan fingerprint density at radius 1 is 0.667 bits per heavy atom. The minimum atomic E-state index is 1.05. The highest BCUT2D eigenvalue weighted by Gasteiger charge is 2.10. The first-order valence-electron chi connectivity index (χ1n) is 7.17.